The van der Waals surface area contributed by atoms with Crippen LogP contribution in [0.5, 0.6) is 0 Å². The number of hydrogen-bond acceptors (Lipinski definition) is 3. The van der Waals surface area contributed by atoms with Gasteiger partial charge in [0.2, 0.25) is 0 Å². The molecule has 2 rings (SSSR count). The molecular weight excluding hydrogens is 230 g/mol. The molecule has 1 aromatic heterocycles. The molecule has 1 heterocycles. The van der Waals surface area contributed by atoms with Gasteiger partial charge in [0.25, 0.3) is 5.56 Å². The second-order valence-electron chi connectivity index (χ2n) is 4.39. The van der Waals surface area contributed by atoms with Crippen LogP contribution in [-0.2, 0) is 13.5 Å². The number of aliphatic hydroxyl groups is 1. The second kappa shape index (κ2) is 4.70. The van der Waals surface area contributed by atoms with Gasteiger partial charge >= 0.3 is 0 Å². The highest BCUT2D eigenvalue weighted by atomic mass is 16.3. The third-order valence-corrected chi connectivity index (χ3v) is 2.91. The average Bonchev–Trinajstić information content (AvgIpc) is 2.54. The first-order chi connectivity index (χ1) is 8.52. The van der Waals surface area contributed by atoms with E-state index in [1.165, 1.54) is 4.68 Å². The Balaban J connectivity index is 2.60. The van der Waals surface area contributed by atoms with Crippen LogP contribution in [0.15, 0.2) is 35.1 Å². The number of rotatable bonds is 3. The highest BCUT2D eigenvalue weighted by Crippen LogP contribution is 2.13. The molecule has 0 radical (unpaired) electrons. The minimum atomic E-state index is -0.537. The van der Waals surface area contributed by atoms with Crippen molar-refractivity contribution in [2.24, 2.45) is 7.05 Å². The molecule has 0 aliphatic heterocycles. The maximum Gasteiger partial charge on any atom is 0.294 e. The highest BCUT2D eigenvalue weighted by Gasteiger charge is 2.17. The molecule has 0 spiro atoms. The van der Waals surface area contributed by atoms with E-state index in [1.54, 1.807) is 18.7 Å². The van der Waals surface area contributed by atoms with Crippen molar-refractivity contribution >= 4 is 5.69 Å². The van der Waals surface area contributed by atoms with E-state index in [2.05, 4.69) is 0 Å². The van der Waals surface area contributed by atoms with Crippen molar-refractivity contribution in [1.29, 1.82) is 0 Å². The van der Waals surface area contributed by atoms with E-state index < -0.39 is 6.10 Å². The summed E-state index contributed by atoms with van der Waals surface area (Å²) in [6, 6.07) is 9.29. The zero-order valence-corrected chi connectivity index (χ0v) is 10.5. The summed E-state index contributed by atoms with van der Waals surface area (Å²) in [6.45, 7) is 1.67. The first-order valence-electron chi connectivity index (χ1n) is 5.82. The number of aromatic nitrogens is 2. The molecule has 0 bridgehead atoms. The third kappa shape index (κ3) is 2.04. The standard InChI is InChI=1S/C13H17N3O2/c1-9(17)8-11-12(14)13(18)16(15(11)2)10-6-4-3-5-7-10/h3-7,9,17H,8,14H2,1-2H3. The predicted octanol–water partition coefficient (Wildman–Crippen LogP) is 0.681. The number of para-hydroxylation sites is 1. The van der Waals surface area contributed by atoms with Gasteiger partial charge in [0, 0.05) is 13.5 Å². The van der Waals surface area contributed by atoms with Crippen molar-refractivity contribution in [3.05, 3.63) is 46.4 Å². The Bertz CT molecular complexity index is 597. The summed E-state index contributed by atoms with van der Waals surface area (Å²) in [5, 5.41) is 9.45. The first-order valence-corrected chi connectivity index (χ1v) is 5.82. The molecule has 0 saturated carbocycles. The van der Waals surface area contributed by atoms with Gasteiger partial charge in [-0.05, 0) is 19.1 Å². The summed E-state index contributed by atoms with van der Waals surface area (Å²) in [6.07, 6.45) is -0.179. The van der Waals surface area contributed by atoms with Gasteiger partial charge in [-0.15, -0.1) is 0 Å². The summed E-state index contributed by atoms with van der Waals surface area (Å²) >= 11 is 0. The van der Waals surface area contributed by atoms with Crippen molar-refractivity contribution in [2.45, 2.75) is 19.4 Å². The predicted molar refractivity (Wildman–Crippen MR) is 70.8 cm³/mol. The Morgan fingerprint density at radius 2 is 1.94 bits per heavy atom. The van der Waals surface area contributed by atoms with Gasteiger partial charge in [-0.2, -0.15) is 0 Å². The number of nitrogens with zero attached hydrogens (tertiary/aromatic N) is 2. The molecular formula is C13H17N3O2. The van der Waals surface area contributed by atoms with E-state index in [-0.39, 0.29) is 11.2 Å². The molecule has 1 atom stereocenters. The van der Waals surface area contributed by atoms with Crippen molar-refractivity contribution in [3.63, 3.8) is 0 Å². The lowest BCUT2D eigenvalue weighted by Gasteiger charge is -2.10. The summed E-state index contributed by atoms with van der Waals surface area (Å²) < 4.78 is 3.20. The second-order valence-corrected chi connectivity index (χ2v) is 4.39. The molecule has 0 aliphatic carbocycles. The minimum Gasteiger partial charge on any atom is -0.393 e. The third-order valence-electron chi connectivity index (χ3n) is 2.91. The lowest BCUT2D eigenvalue weighted by molar-refractivity contribution is 0.192. The molecule has 1 unspecified atom stereocenters. The van der Waals surface area contributed by atoms with Crippen LogP contribution in [0.2, 0.25) is 0 Å². The monoisotopic (exact) mass is 247 g/mol. The highest BCUT2D eigenvalue weighted by molar-refractivity contribution is 5.45. The van der Waals surface area contributed by atoms with E-state index >= 15 is 0 Å². The molecule has 0 fully saturated rings. The Morgan fingerprint density at radius 1 is 1.33 bits per heavy atom. The summed E-state index contributed by atoms with van der Waals surface area (Å²) in [5.74, 6) is 0. The fourth-order valence-electron chi connectivity index (χ4n) is 2.05. The molecule has 96 valence electrons. The van der Waals surface area contributed by atoms with Crippen LogP contribution in [0.1, 0.15) is 12.6 Å². The Labute approximate surface area is 105 Å². The van der Waals surface area contributed by atoms with E-state index in [4.69, 9.17) is 5.73 Å². The number of benzene rings is 1. The Morgan fingerprint density at radius 3 is 2.50 bits per heavy atom. The van der Waals surface area contributed by atoms with Crippen molar-refractivity contribution in [3.8, 4) is 5.69 Å². The van der Waals surface area contributed by atoms with Gasteiger partial charge in [0.05, 0.1) is 17.5 Å². The van der Waals surface area contributed by atoms with Crippen LogP contribution in [0.25, 0.3) is 5.69 Å². The van der Waals surface area contributed by atoms with Crippen molar-refractivity contribution < 1.29 is 5.11 Å². The number of anilines is 1. The van der Waals surface area contributed by atoms with Crippen LogP contribution in [0.3, 0.4) is 0 Å². The lowest BCUT2D eigenvalue weighted by atomic mass is 10.2. The smallest absolute Gasteiger partial charge is 0.294 e. The normalized spacial score (nSPS) is 12.6. The fourth-order valence-corrected chi connectivity index (χ4v) is 2.05. The fraction of sp³-hybridized carbons (Fsp3) is 0.308. The van der Waals surface area contributed by atoms with Crippen molar-refractivity contribution in [1.82, 2.24) is 9.36 Å². The van der Waals surface area contributed by atoms with E-state index in [0.29, 0.717) is 12.1 Å². The van der Waals surface area contributed by atoms with Gasteiger partial charge in [-0.3, -0.25) is 9.48 Å². The summed E-state index contributed by atoms with van der Waals surface area (Å²) in [5.41, 5.74) is 7.18. The number of nitrogens with two attached hydrogens (primary N) is 1. The molecule has 18 heavy (non-hydrogen) atoms. The van der Waals surface area contributed by atoms with Crippen LogP contribution in [0.4, 0.5) is 5.69 Å². The van der Waals surface area contributed by atoms with Gasteiger partial charge in [-0.25, -0.2) is 4.68 Å². The number of nitrogen functional groups attached to an aromatic ring is 1. The zero-order valence-electron chi connectivity index (χ0n) is 10.5. The first kappa shape index (κ1) is 12.4. The number of hydrogen-bond donors (Lipinski definition) is 2. The van der Waals surface area contributed by atoms with E-state index in [9.17, 15) is 9.90 Å². The molecule has 0 aliphatic rings. The van der Waals surface area contributed by atoms with E-state index in [0.717, 1.165) is 5.69 Å². The van der Waals surface area contributed by atoms with Crippen LogP contribution in [0, 0.1) is 0 Å². The minimum absolute atomic E-state index is 0.197. The summed E-state index contributed by atoms with van der Waals surface area (Å²) in [4.78, 5) is 12.1. The molecule has 1 aromatic carbocycles. The number of aliphatic hydroxyl groups excluding tert-OH is 1. The molecule has 2 aromatic rings. The zero-order chi connectivity index (χ0) is 13.3. The average molecular weight is 247 g/mol. The van der Waals surface area contributed by atoms with Gasteiger partial charge < -0.3 is 10.8 Å². The summed E-state index contributed by atoms with van der Waals surface area (Å²) in [7, 11) is 1.77. The SMILES string of the molecule is CC(O)Cc1c(N)c(=O)n(-c2ccccc2)n1C. The lowest BCUT2D eigenvalue weighted by Crippen LogP contribution is -2.20. The van der Waals surface area contributed by atoms with Gasteiger partial charge in [0.15, 0.2) is 0 Å². The largest absolute Gasteiger partial charge is 0.393 e. The van der Waals surface area contributed by atoms with Gasteiger partial charge in [0.1, 0.15) is 5.69 Å². The molecule has 5 heteroatoms. The van der Waals surface area contributed by atoms with Gasteiger partial charge in [-0.1, -0.05) is 18.2 Å². The van der Waals surface area contributed by atoms with Crippen LogP contribution < -0.4 is 11.3 Å². The Kier molecular flexibility index (Phi) is 3.25. The molecule has 0 saturated heterocycles. The van der Waals surface area contributed by atoms with Crippen LogP contribution in [-0.4, -0.2) is 20.6 Å². The quantitative estimate of drug-likeness (QED) is 0.837. The molecule has 0 amide bonds. The maximum atomic E-state index is 12.1. The maximum absolute atomic E-state index is 12.1. The van der Waals surface area contributed by atoms with E-state index in [1.807, 2.05) is 30.3 Å². The Hall–Kier alpha value is -2.01. The van der Waals surface area contributed by atoms with Crippen LogP contribution >= 0.6 is 0 Å². The molecule has 5 nitrogen and oxygen atoms in total. The molecule has 3 N–H and O–H groups in total. The topological polar surface area (TPSA) is 73.2 Å². The van der Waals surface area contributed by atoms with Crippen molar-refractivity contribution in [2.75, 3.05) is 5.73 Å².